The fraction of sp³-hybridized carbons (Fsp3) is 0.667. The van der Waals surface area contributed by atoms with Crippen molar-refractivity contribution in [2.75, 3.05) is 7.05 Å². The Hall–Kier alpha value is -0.810. The van der Waals surface area contributed by atoms with Gasteiger partial charge in [-0.05, 0) is 0 Å². The number of carbonyl (C=O) groups is 1. The Kier molecular flexibility index (Phi) is 2.90. The molecule has 8 heavy (non-hydrogen) atoms. The molecular weight excluding hydrogens is 114 g/mol. The summed E-state index contributed by atoms with van der Waals surface area (Å²) in [5.74, 6) is 0. The van der Waals surface area contributed by atoms with Gasteiger partial charge in [-0.15, -0.1) is 0 Å². The minimum atomic E-state index is -2.03. The van der Waals surface area contributed by atoms with E-state index in [4.69, 9.17) is 10.2 Å². The number of carbonyl (C=O) groups excluding carboxylic acids is 1. The van der Waals surface area contributed by atoms with E-state index in [0.29, 0.717) is 0 Å². The van der Waals surface area contributed by atoms with Crippen molar-refractivity contribution in [2.24, 2.45) is 0 Å². The van der Waals surface area contributed by atoms with Gasteiger partial charge in [0, 0.05) is 7.05 Å². The maximum atomic E-state index is 9.97. The van der Waals surface area contributed by atoms with E-state index < -0.39 is 12.6 Å². The highest BCUT2D eigenvalue weighted by Crippen LogP contribution is 1.78. The fourth-order valence-electron chi connectivity index (χ4n) is 0.155. The first-order chi connectivity index (χ1) is 3.66. The lowest BCUT2D eigenvalue weighted by molar-refractivity contribution is -0.198. The summed E-state index contributed by atoms with van der Waals surface area (Å²) >= 11 is 0. The standard InChI is InChI=1S/C3H7NO4/c1-4-2(5)8-3(6)7/h3,6-7H,1H3,(H,4,5). The summed E-state index contributed by atoms with van der Waals surface area (Å²) in [6.07, 6.45) is -0.875. The molecular formula is C3H7NO4. The average molecular weight is 121 g/mol. The van der Waals surface area contributed by atoms with E-state index in [1.165, 1.54) is 7.05 Å². The Morgan fingerprint density at radius 2 is 2.25 bits per heavy atom. The topological polar surface area (TPSA) is 78.8 Å². The third-order valence-corrected chi connectivity index (χ3v) is 0.417. The lowest BCUT2D eigenvalue weighted by Gasteiger charge is -2.02. The molecule has 0 saturated heterocycles. The minimum Gasteiger partial charge on any atom is -0.394 e. The van der Waals surface area contributed by atoms with E-state index in [2.05, 4.69) is 4.74 Å². The zero-order valence-electron chi connectivity index (χ0n) is 4.29. The van der Waals surface area contributed by atoms with Crippen LogP contribution in [0, 0.1) is 0 Å². The van der Waals surface area contributed by atoms with Gasteiger partial charge in [0.05, 0.1) is 0 Å². The van der Waals surface area contributed by atoms with E-state index in [1.54, 1.807) is 0 Å². The van der Waals surface area contributed by atoms with Gasteiger partial charge in [0.25, 0.3) is 0 Å². The number of rotatable bonds is 1. The second-order valence-corrected chi connectivity index (χ2v) is 0.982. The van der Waals surface area contributed by atoms with Crippen LogP contribution in [0.2, 0.25) is 0 Å². The smallest absolute Gasteiger partial charge is 0.394 e. The van der Waals surface area contributed by atoms with E-state index in [-0.39, 0.29) is 0 Å². The molecule has 3 N–H and O–H groups in total. The average Bonchev–Trinajstić information content (AvgIpc) is 1.65. The Labute approximate surface area is 45.9 Å². The second kappa shape index (κ2) is 3.23. The van der Waals surface area contributed by atoms with Gasteiger partial charge in [0.1, 0.15) is 0 Å². The quantitative estimate of drug-likeness (QED) is 0.373. The molecule has 1 amide bonds. The molecule has 0 unspecified atom stereocenters. The van der Waals surface area contributed by atoms with Crippen LogP contribution in [-0.4, -0.2) is 29.8 Å². The SMILES string of the molecule is CNC(=O)OC(O)O. The molecule has 0 atom stereocenters. The van der Waals surface area contributed by atoms with Crippen LogP contribution in [0.4, 0.5) is 4.79 Å². The van der Waals surface area contributed by atoms with Crippen molar-refractivity contribution >= 4 is 6.09 Å². The molecule has 5 heteroatoms. The third-order valence-electron chi connectivity index (χ3n) is 0.417. The zero-order chi connectivity index (χ0) is 6.57. The summed E-state index contributed by atoms with van der Waals surface area (Å²) in [6.45, 7) is -2.03. The largest absolute Gasteiger partial charge is 0.410 e. The Balaban J connectivity index is 3.25. The van der Waals surface area contributed by atoms with Crippen LogP contribution in [0.5, 0.6) is 0 Å². The Morgan fingerprint density at radius 3 is 2.38 bits per heavy atom. The van der Waals surface area contributed by atoms with Crippen molar-refractivity contribution in [2.45, 2.75) is 6.48 Å². The summed E-state index contributed by atoms with van der Waals surface area (Å²) in [5.41, 5.74) is 0. The van der Waals surface area contributed by atoms with Crippen LogP contribution in [-0.2, 0) is 4.74 Å². The maximum Gasteiger partial charge on any atom is 0.410 e. The highest BCUT2D eigenvalue weighted by molar-refractivity contribution is 5.66. The highest BCUT2D eigenvalue weighted by atomic mass is 16.8. The summed E-state index contributed by atoms with van der Waals surface area (Å²) in [4.78, 5) is 9.97. The van der Waals surface area contributed by atoms with Gasteiger partial charge in [-0.3, -0.25) is 0 Å². The molecule has 0 bridgehead atoms. The van der Waals surface area contributed by atoms with Gasteiger partial charge in [-0.1, -0.05) is 0 Å². The highest BCUT2D eigenvalue weighted by Gasteiger charge is 2.01. The fourth-order valence-corrected chi connectivity index (χ4v) is 0.155. The molecule has 0 saturated carbocycles. The maximum absolute atomic E-state index is 9.97. The van der Waals surface area contributed by atoms with E-state index in [9.17, 15) is 4.79 Å². The van der Waals surface area contributed by atoms with E-state index in [0.717, 1.165) is 0 Å². The summed E-state index contributed by atoms with van der Waals surface area (Å²) in [6, 6.07) is 0. The number of amides is 1. The molecule has 0 aliphatic rings. The number of alkyl carbamates (subject to hydrolysis) is 1. The molecule has 0 radical (unpaired) electrons. The van der Waals surface area contributed by atoms with Crippen LogP contribution in [0.25, 0.3) is 0 Å². The zero-order valence-corrected chi connectivity index (χ0v) is 4.29. The second-order valence-electron chi connectivity index (χ2n) is 0.982. The van der Waals surface area contributed by atoms with Crippen LogP contribution < -0.4 is 5.32 Å². The lowest BCUT2D eigenvalue weighted by Crippen LogP contribution is -2.25. The number of hydrogen-bond donors (Lipinski definition) is 3. The predicted molar refractivity (Wildman–Crippen MR) is 23.8 cm³/mol. The monoisotopic (exact) mass is 121 g/mol. The third kappa shape index (κ3) is 3.38. The first-order valence-electron chi connectivity index (χ1n) is 1.91. The Morgan fingerprint density at radius 1 is 1.75 bits per heavy atom. The van der Waals surface area contributed by atoms with Gasteiger partial charge in [0.2, 0.25) is 0 Å². The van der Waals surface area contributed by atoms with Gasteiger partial charge in [-0.2, -0.15) is 0 Å². The molecule has 48 valence electrons. The van der Waals surface area contributed by atoms with E-state index in [1.807, 2.05) is 5.32 Å². The molecule has 0 fully saturated rings. The van der Waals surface area contributed by atoms with Crippen molar-refractivity contribution in [1.82, 2.24) is 5.32 Å². The number of hydrogen-bond acceptors (Lipinski definition) is 4. The van der Waals surface area contributed by atoms with Gasteiger partial charge < -0.3 is 20.3 Å². The predicted octanol–water partition coefficient (Wildman–Crippen LogP) is -1.39. The van der Waals surface area contributed by atoms with Crippen molar-refractivity contribution < 1.29 is 19.7 Å². The molecule has 0 rings (SSSR count). The Bertz CT molecular complexity index is 81.4. The lowest BCUT2D eigenvalue weighted by atomic mass is 11.1. The van der Waals surface area contributed by atoms with Crippen molar-refractivity contribution in [1.29, 1.82) is 0 Å². The number of aliphatic hydroxyl groups is 2. The molecule has 0 spiro atoms. The number of aliphatic hydroxyl groups excluding tert-OH is 1. The summed E-state index contributed by atoms with van der Waals surface area (Å²) < 4.78 is 3.76. The van der Waals surface area contributed by atoms with Crippen molar-refractivity contribution in [3.8, 4) is 0 Å². The number of nitrogens with one attached hydrogen (secondary N) is 1. The van der Waals surface area contributed by atoms with Gasteiger partial charge >= 0.3 is 12.6 Å². The van der Waals surface area contributed by atoms with Crippen LogP contribution in [0.3, 0.4) is 0 Å². The van der Waals surface area contributed by atoms with Crippen LogP contribution in [0.15, 0.2) is 0 Å². The molecule has 0 heterocycles. The molecule has 0 aliphatic heterocycles. The van der Waals surface area contributed by atoms with Crippen molar-refractivity contribution in [3.63, 3.8) is 0 Å². The van der Waals surface area contributed by atoms with Crippen LogP contribution >= 0.6 is 0 Å². The summed E-state index contributed by atoms with van der Waals surface area (Å²) in [7, 11) is 1.31. The van der Waals surface area contributed by atoms with Crippen molar-refractivity contribution in [3.05, 3.63) is 0 Å². The molecule has 0 aromatic carbocycles. The minimum absolute atomic E-state index is 0.875. The summed E-state index contributed by atoms with van der Waals surface area (Å²) in [5, 5.41) is 17.9. The first kappa shape index (κ1) is 7.19. The van der Waals surface area contributed by atoms with Gasteiger partial charge in [-0.25, -0.2) is 4.79 Å². The first-order valence-corrected chi connectivity index (χ1v) is 1.91. The molecule has 0 aliphatic carbocycles. The molecule has 0 aromatic heterocycles. The normalized spacial score (nSPS) is 9.00. The van der Waals surface area contributed by atoms with E-state index >= 15 is 0 Å². The number of ether oxygens (including phenoxy) is 1. The molecule has 5 nitrogen and oxygen atoms in total. The van der Waals surface area contributed by atoms with Gasteiger partial charge in [0.15, 0.2) is 0 Å². The van der Waals surface area contributed by atoms with Crippen LogP contribution in [0.1, 0.15) is 0 Å². The molecule has 0 aromatic rings.